The lowest BCUT2D eigenvalue weighted by Gasteiger charge is -2.18. The van der Waals surface area contributed by atoms with E-state index >= 15 is 0 Å². The summed E-state index contributed by atoms with van der Waals surface area (Å²) in [6, 6.07) is 9.58. The number of H-pyrrole nitrogens is 1. The highest BCUT2D eigenvalue weighted by molar-refractivity contribution is 7.71. The number of carbonyl (C=O) groups excluding carboxylic acids is 2. The molecule has 0 saturated carbocycles. The smallest absolute Gasteiger partial charge is 0.246 e. The number of aromatic amines is 1. The average molecular weight is 445 g/mol. The summed E-state index contributed by atoms with van der Waals surface area (Å²) < 4.78 is 28.9. The molecular formula is C21H21F2N5O2S. The fourth-order valence-electron chi connectivity index (χ4n) is 3.03. The standard InChI is InChI=1S/C21H21F2N5O2S/c1-12-3-5-13(6-4-12)19-26-27-21(31)28(19)10-9-17(29)25-18(20(30)24-2)14-7-8-15(22)16(23)11-14/h3-8,11,18H,9-10H2,1-2H3,(H,24,30)(H,25,29)(H,27,31). The quantitative estimate of drug-likeness (QED) is 0.487. The molecule has 3 aromatic rings. The fourth-order valence-corrected chi connectivity index (χ4v) is 3.25. The molecule has 2 aromatic carbocycles. The Bertz CT molecular complexity index is 1160. The van der Waals surface area contributed by atoms with Crippen molar-refractivity contribution in [2.24, 2.45) is 0 Å². The molecule has 0 fully saturated rings. The zero-order valence-corrected chi connectivity index (χ0v) is 17.7. The van der Waals surface area contributed by atoms with Crippen LogP contribution in [0.1, 0.15) is 23.6 Å². The summed E-state index contributed by atoms with van der Waals surface area (Å²) in [6.45, 7) is 2.18. The molecule has 7 nitrogen and oxygen atoms in total. The van der Waals surface area contributed by atoms with Gasteiger partial charge in [0.25, 0.3) is 0 Å². The van der Waals surface area contributed by atoms with Crippen molar-refractivity contribution in [2.75, 3.05) is 7.05 Å². The van der Waals surface area contributed by atoms with Crippen LogP contribution in [0.25, 0.3) is 11.4 Å². The van der Waals surface area contributed by atoms with Crippen LogP contribution < -0.4 is 10.6 Å². The Kier molecular flexibility index (Phi) is 6.91. The second-order valence-electron chi connectivity index (χ2n) is 6.91. The predicted molar refractivity (Wildman–Crippen MR) is 114 cm³/mol. The van der Waals surface area contributed by atoms with Gasteiger partial charge in [0, 0.05) is 25.6 Å². The Balaban J connectivity index is 1.75. The molecule has 162 valence electrons. The van der Waals surface area contributed by atoms with Crippen molar-refractivity contribution in [3.63, 3.8) is 0 Å². The van der Waals surface area contributed by atoms with Gasteiger partial charge in [0.2, 0.25) is 11.8 Å². The van der Waals surface area contributed by atoms with Gasteiger partial charge in [-0.3, -0.25) is 19.3 Å². The summed E-state index contributed by atoms with van der Waals surface area (Å²) in [7, 11) is 1.39. The Hall–Kier alpha value is -3.40. The highest BCUT2D eigenvalue weighted by Crippen LogP contribution is 2.19. The highest BCUT2D eigenvalue weighted by atomic mass is 32.1. The van der Waals surface area contributed by atoms with E-state index in [-0.39, 0.29) is 18.5 Å². The first-order valence-electron chi connectivity index (χ1n) is 9.48. The van der Waals surface area contributed by atoms with Gasteiger partial charge in [0.1, 0.15) is 6.04 Å². The first kappa shape index (κ1) is 22.3. The summed E-state index contributed by atoms with van der Waals surface area (Å²) in [6.07, 6.45) is -0.0100. The van der Waals surface area contributed by atoms with Crippen LogP contribution >= 0.6 is 12.2 Å². The summed E-state index contributed by atoms with van der Waals surface area (Å²) in [4.78, 5) is 24.8. The molecule has 1 heterocycles. The van der Waals surface area contributed by atoms with Crippen molar-refractivity contribution in [2.45, 2.75) is 25.9 Å². The van der Waals surface area contributed by atoms with Crippen molar-refractivity contribution in [1.82, 2.24) is 25.4 Å². The van der Waals surface area contributed by atoms with E-state index < -0.39 is 29.5 Å². The average Bonchev–Trinajstić information content (AvgIpc) is 3.13. The van der Waals surface area contributed by atoms with Crippen LogP contribution in [0.15, 0.2) is 42.5 Å². The lowest BCUT2D eigenvalue weighted by Crippen LogP contribution is -2.39. The number of likely N-dealkylation sites (N-methyl/N-ethyl adjacent to an activating group) is 1. The molecule has 1 aromatic heterocycles. The largest absolute Gasteiger partial charge is 0.357 e. The Morgan fingerprint density at radius 3 is 2.52 bits per heavy atom. The number of carbonyl (C=O) groups is 2. The number of benzene rings is 2. The Morgan fingerprint density at radius 2 is 1.87 bits per heavy atom. The summed E-state index contributed by atoms with van der Waals surface area (Å²) in [5.41, 5.74) is 2.07. The summed E-state index contributed by atoms with van der Waals surface area (Å²) in [5, 5.41) is 11.9. The number of aromatic nitrogens is 3. The SMILES string of the molecule is CNC(=O)C(NC(=O)CCn1c(-c2ccc(C)cc2)n[nH]c1=S)c1ccc(F)c(F)c1. The van der Waals surface area contributed by atoms with Crippen LogP contribution in [-0.4, -0.2) is 33.6 Å². The van der Waals surface area contributed by atoms with E-state index in [1.54, 1.807) is 4.57 Å². The van der Waals surface area contributed by atoms with Gasteiger partial charge in [-0.15, -0.1) is 0 Å². The maximum Gasteiger partial charge on any atom is 0.246 e. The van der Waals surface area contributed by atoms with Crippen molar-refractivity contribution in [3.05, 3.63) is 70.0 Å². The molecule has 0 bridgehead atoms. The number of rotatable bonds is 7. The maximum atomic E-state index is 13.6. The van der Waals surface area contributed by atoms with E-state index in [1.807, 2.05) is 31.2 Å². The Labute approximate surface area is 182 Å². The van der Waals surface area contributed by atoms with Crippen LogP contribution in [0.2, 0.25) is 0 Å². The van der Waals surface area contributed by atoms with E-state index in [1.165, 1.54) is 13.1 Å². The van der Waals surface area contributed by atoms with E-state index in [0.717, 1.165) is 23.3 Å². The van der Waals surface area contributed by atoms with Crippen molar-refractivity contribution >= 4 is 24.0 Å². The second kappa shape index (κ2) is 9.61. The molecular weight excluding hydrogens is 424 g/mol. The molecule has 0 aliphatic rings. The number of hydrogen-bond acceptors (Lipinski definition) is 4. The molecule has 0 spiro atoms. The zero-order chi connectivity index (χ0) is 22.5. The van der Waals surface area contributed by atoms with E-state index in [9.17, 15) is 18.4 Å². The maximum absolute atomic E-state index is 13.6. The molecule has 1 unspecified atom stereocenters. The second-order valence-corrected chi connectivity index (χ2v) is 7.30. The molecule has 3 N–H and O–H groups in total. The third-order valence-electron chi connectivity index (χ3n) is 4.72. The van der Waals surface area contributed by atoms with Gasteiger partial charge in [-0.25, -0.2) is 8.78 Å². The lowest BCUT2D eigenvalue weighted by molar-refractivity contribution is -0.129. The molecule has 0 aliphatic heterocycles. The topological polar surface area (TPSA) is 91.8 Å². The predicted octanol–water partition coefficient (Wildman–Crippen LogP) is 3.19. The van der Waals surface area contributed by atoms with Crippen LogP contribution in [0.3, 0.4) is 0 Å². The van der Waals surface area contributed by atoms with Gasteiger partial charge in [0.05, 0.1) is 0 Å². The summed E-state index contributed by atoms with van der Waals surface area (Å²) in [5.74, 6) is -2.58. The van der Waals surface area contributed by atoms with Crippen LogP contribution in [0.5, 0.6) is 0 Å². The number of nitrogens with zero attached hydrogens (tertiary/aromatic N) is 2. The van der Waals surface area contributed by atoms with E-state index in [2.05, 4.69) is 20.8 Å². The minimum absolute atomic E-state index is 0.0100. The van der Waals surface area contributed by atoms with Gasteiger partial charge in [0.15, 0.2) is 22.2 Å². The van der Waals surface area contributed by atoms with Gasteiger partial charge in [-0.2, -0.15) is 5.10 Å². The number of nitrogens with one attached hydrogen (secondary N) is 3. The minimum Gasteiger partial charge on any atom is -0.357 e. The van der Waals surface area contributed by atoms with E-state index in [4.69, 9.17) is 12.2 Å². The monoisotopic (exact) mass is 445 g/mol. The third kappa shape index (κ3) is 5.21. The molecule has 1 atom stereocenters. The molecule has 31 heavy (non-hydrogen) atoms. The van der Waals surface area contributed by atoms with E-state index in [0.29, 0.717) is 10.6 Å². The zero-order valence-electron chi connectivity index (χ0n) is 16.9. The van der Waals surface area contributed by atoms with Gasteiger partial charge in [-0.05, 0) is 36.8 Å². The van der Waals surface area contributed by atoms with Gasteiger partial charge >= 0.3 is 0 Å². The van der Waals surface area contributed by atoms with Gasteiger partial charge < -0.3 is 10.6 Å². The fraction of sp³-hybridized carbons (Fsp3) is 0.238. The first-order chi connectivity index (χ1) is 14.8. The molecule has 0 radical (unpaired) electrons. The van der Waals surface area contributed by atoms with Crippen LogP contribution in [-0.2, 0) is 16.1 Å². The molecule has 10 heteroatoms. The van der Waals surface area contributed by atoms with Crippen molar-refractivity contribution in [1.29, 1.82) is 0 Å². The number of aryl methyl sites for hydroxylation is 1. The lowest BCUT2D eigenvalue weighted by atomic mass is 10.1. The highest BCUT2D eigenvalue weighted by Gasteiger charge is 2.23. The normalized spacial score (nSPS) is 11.7. The van der Waals surface area contributed by atoms with Crippen molar-refractivity contribution < 1.29 is 18.4 Å². The summed E-state index contributed by atoms with van der Waals surface area (Å²) >= 11 is 5.27. The first-order valence-corrected chi connectivity index (χ1v) is 9.89. The van der Waals surface area contributed by atoms with Gasteiger partial charge in [-0.1, -0.05) is 35.9 Å². The minimum atomic E-state index is -1.17. The Morgan fingerprint density at radius 1 is 1.16 bits per heavy atom. The molecule has 0 saturated heterocycles. The molecule has 0 aliphatic carbocycles. The number of hydrogen-bond donors (Lipinski definition) is 3. The molecule has 3 rings (SSSR count). The number of amides is 2. The van der Waals surface area contributed by atoms with Crippen molar-refractivity contribution in [3.8, 4) is 11.4 Å². The molecule has 2 amide bonds. The van der Waals surface area contributed by atoms with Crippen LogP contribution in [0.4, 0.5) is 8.78 Å². The third-order valence-corrected chi connectivity index (χ3v) is 5.03. The number of halogens is 2. The van der Waals surface area contributed by atoms with Crippen LogP contribution in [0, 0.1) is 23.3 Å².